The Hall–Kier alpha value is -2.11. The molecular formula is C12H9F3N2O. The van der Waals surface area contributed by atoms with Gasteiger partial charge in [-0.1, -0.05) is 0 Å². The lowest BCUT2D eigenvalue weighted by Gasteiger charge is -2.09. The van der Waals surface area contributed by atoms with Crippen LogP contribution in [-0.2, 0) is 6.18 Å². The standard InChI is InChI=1S/C12H9F3N2O/c1-7-2-3-16-6-9(7)10-4-8(12(13,14)15)5-11(18)17-10/h2-6H,1H3,(H,17,18). The molecule has 3 nitrogen and oxygen atoms in total. The Kier molecular flexibility index (Phi) is 2.94. The third-order valence-electron chi connectivity index (χ3n) is 2.50. The highest BCUT2D eigenvalue weighted by Crippen LogP contribution is 2.30. The fraction of sp³-hybridized carbons (Fsp3) is 0.167. The third-order valence-corrected chi connectivity index (χ3v) is 2.50. The van der Waals surface area contributed by atoms with Gasteiger partial charge in [-0.25, -0.2) is 0 Å². The van der Waals surface area contributed by atoms with E-state index < -0.39 is 17.3 Å². The summed E-state index contributed by atoms with van der Waals surface area (Å²) in [4.78, 5) is 17.5. The summed E-state index contributed by atoms with van der Waals surface area (Å²) in [5, 5.41) is 0. The van der Waals surface area contributed by atoms with Gasteiger partial charge in [-0.2, -0.15) is 13.2 Å². The van der Waals surface area contributed by atoms with Crippen LogP contribution in [0.4, 0.5) is 13.2 Å². The average molecular weight is 254 g/mol. The van der Waals surface area contributed by atoms with E-state index in [0.717, 1.165) is 11.6 Å². The van der Waals surface area contributed by atoms with Gasteiger partial charge in [0.2, 0.25) is 5.56 Å². The minimum atomic E-state index is -4.54. The van der Waals surface area contributed by atoms with Gasteiger partial charge in [-0.05, 0) is 24.6 Å². The fourth-order valence-corrected chi connectivity index (χ4v) is 1.60. The summed E-state index contributed by atoms with van der Waals surface area (Å²) < 4.78 is 37.8. The van der Waals surface area contributed by atoms with E-state index in [9.17, 15) is 18.0 Å². The molecule has 18 heavy (non-hydrogen) atoms. The van der Waals surface area contributed by atoms with Crippen molar-refractivity contribution in [1.82, 2.24) is 9.97 Å². The second kappa shape index (κ2) is 4.29. The van der Waals surface area contributed by atoms with Crippen molar-refractivity contribution in [3.05, 3.63) is 52.1 Å². The lowest BCUT2D eigenvalue weighted by molar-refractivity contribution is -0.137. The van der Waals surface area contributed by atoms with Crippen LogP contribution in [0.3, 0.4) is 0 Å². The number of halogens is 3. The van der Waals surface area contributed by atoms with E-state index in [-0.39, 0.29) is 5.69 Å². The van der Waals surface area contributed by atoms with Gasteiger partial charge >= 0.3 is 6.18 Å². The van der Waals surface area contributed by atoms with Gasteiger partial charge in [-0.15, -0.1) is 0 Å². The number of pyridine rings is 2. The molecule has 0 saturated heterocycles. The zero-order valence-electron chi connectivity index (χ0n) is 9.38. The second-order valence-electron chi connectivity index (χ2n) is 3.84. The van der Waals surface area contributed by atoms with Gasteiger partial charge < -0.3 is 4.98 Å². The highest BCUT2D eigenvalue weighted by atomic mass is 19.4. The maximum absolute atomic E-state index is 12.6. The molecule has 2 rings (SSSR count). The Labute approximate surface area is 100 Å². The Morgan fingerprint density at radius 2 is 2.00 bits per heavy atom. The van der Waals surface area contributed by atoms with Crippen LogP contribution in [0.25, 0.3) is 11.3 Å². The molecule has 0 aliphatic carbocycles. The molecule has 2 aromatic rings. The first-order valence-electron chi connectivity index (χ1n) is 5.10. The number of nitrogens with zero attached hydrogens (tertiary/aromatic N) is 1. The number of aryl methyl sites for hydroxylation is 1. The summed E-state index contributed by atoms with van der Waals surface area (Å²) in [6, 6.07) is 3.11. The molecule has 0 bridgehead atoms. The van der Waals surface area contributed by atoms with Crippen molar-refractivity contribution in [1.29, 1.82) is 0 Å². The van der Waals surface area contributed by atoms with Gasteiger partial charge in [0.1, 0.15) is 0 Å². The first kappa shape index (κ1) is 12.3. The summed E-state index contributed by atoms with van der Waals surface area (Å²) in [6.07, 6.45) is -1.59. The van der Waals surface area contributed by atoms with Gasteiger partial charge in [-0.3, -0.25) is 9.78 Å². The fourth-order valence-electron chi connectivity index (χ4n) is 1.60. The molecule has 0 atom stereocenters. The van der Waals surface area contributed by atoms with E-state index in [1.165, 1.54) is 12.4 Å². The number of aromatic nitrogens is 2. The van der Waals surface area contributed by atoms with Crippen molar-refractivity contribution < 1.29 is 13.2 Å². The first-order chi connectivity index (χ1) is 8.38. The molecule has 0 aromatic carbocycles. The number of hydrogen-bond acceptors (Lipinski definition) is 2. The molecule has 0 aliphatic heterocycles. The Morgan fingerprint density at radius 3 is 2.61 bits per heavy atom. The molecule has 0 aliphatic rings. The molecule has 0 radical (unpaired) electrons. The number of alkyl halides is 3. The smallest absolute Gasteiger partial charge is 0.322 e. The van der Waals surface area contributed by atoms with Crippen LogP contribution < -0.4 is 5.56 Å². The van der Waals surface area contributed by atoms with Crippen LogP contribution in [0, 0.1) is 6.92 Å². The summed E-state index contributed by atoms with van der Waals surface area (Å²) in [7, 11) is 0. The van der Waals surface area contributed by atoms with E-state index in [1.54, 1.807) is 13.0 Å². The number of hydrogen-bond donors (Lipinski definition) is 1. The Bertz CT molecular complexity index is 632. The zero-order valence-corrected chi connectivity index (χ0v) is 9.38. The zero-order chi connectivity index (χ0) is 13.3. The Morgan fingerprint density at radius 1 is 1.28 bits per heavy atom. The molecule has 0 saturated carbocycles. The van der Waals surface area contributed by atoms with Crippen molar-refractivity contribution in [3.8, 4) is 11.3 Å². The van der Waals surface area contributed by atoms with Crippen LogP contribution in [0.15, 0.2) is 35.4 Å². The maximum atomic E-state index is 12.6. The van der Waals surface area contributed by atoms with Crippen LogP contribution in [0.5, 0.6) is 0 Å². The third kappa shape index (κ3) is 2.42. The largest absolute Gasteiger partial charge is 0.416 e. The van der Waals surface area contributed by atoms with Gasteiger partial charge in [0, 0.05) is 24.0 Å². The molecule has 0 amide bonds. The van der Waals surface area contributed by atoms with E-state index in [4.69, 9.17) is 0 Å². The molecule has 0 unspecified atom stereocenters. The molecule has 6 heteroatoms. The predicted molar refractivity (Wildman–Crippen MR) is 60.0 cm³/mol. The van der Waals surface area contributed by atoms with Crippen molar-refractivity contribution in [2.45, 2.75) is 13.1 Å². The van der Waals surface area contributed by atoms with Gasteiger partial charge in [0.05, 0.1) is 11.3 Å². The summed E-state index contributed by atoms with van der Waals surface area (Å²) in [5.41, 5.74) is -0.436. The van der Waals surface area contributed by atoms with Crippen LogP contribution in [0.1, 0.15) is 11.1 Å². The van der Waals surface area contributed by atoms with E-state index in [1.807, 2.05) is 0 Å². The van der Waals surface area contributed by atoms with Crippen molar-refractivity contribution in [3.63, 3.8) is 0 Å². The monoisotopic (exact) mass is 254 g/mol. The Balaban J connectivity index is 2.63. The number of nitrogens with one attached hydrogen (secondary N) is 1. The highest BCUT2D eigenvalue weighted by Gasteiger charge is 2.31. The summed E-state index contributed by atoms with van der Waals surface area (Å²) in [6.45, 7) is 1.73. The molecule has 1 N–H and O–H groups in total. The normalized spacial score (nSPS) is 11.6. The van der Waals surface area contributed by atoms with E-state index in [0.29, 0.717) is 11.6 Å². The lowest BCUT2D eigenvalue weighted by atomic mass is 10.1. The van der Waals surface area contributed by atoms with E-state index >= 15 is 0 Å². The molecule has 2 aromatic heterocycles. The minimum absolute atomic E-state index is 0.112. The number of rotatable bonds is 1. The molecule has 2 heterocycles. The molecule has 0 spiro atoms. The van der Waals surface area contributed by atoms with Crippen molar-refractivity contribution in [2.75, 3.05) is 0 Å². The topological polar surface area (TPSA) is 45.8 Å². The quantitative estimate of drug-likeness (QED) is 0.850. The number of H-pyrrole nitrogens is 1. The predicted octanol–water partition coefficient (Wildman–Crippen LogP) is 2.76. The van der Waals surface area contributed by atoms with Crippen LogP contribution in [0.2, 0.25) is 0 Å². The van der Waals surface area contributed by atoms with Crippen molar-refractivity contribution >= 4 is 0 Å². The van der Waals surface area contributed by atoms with Crippen LogP contribution >= 0.6 is 0 Å². The highest BCUT2D eigenvalue weighted by molar-refractivity contribution is 5.62. The van der Waals surface area contributed by atoms with Crippen LogP contribution in [-0.4, -0.2) is 9.97 Å². The molecular weight excluding hydrogens is 245 g/mol. The molecule has 0 fully saturated rings. The molecule has 94 valence electrons. The minimum Gasteiger partial charge on any atom is -0.322 e. The second-order valence-corrected chi connectivity index (χ2v) is 3.84. The first-order valence-corrected chi connectivity index (χ1v) is 5.10. The maximum Gasteiger partial charge on any atom is 0.416 e. The van der Waals surface area contributed by atoms with Crippen molar-refractivity contribution in [2.24, 2.45) is 0 Å². The summed E-state index contributed by atoms with van der Waals surface area (Å²) in [5.74, 6) is 0. The SMILES string of the molecule is Cc1ccncc1-c1cc(C(F)(F)F)cc(=O)[nH]1. The number of aromatic amines is 1. The lowest BCUT2D eigenvalue weighted by Crippen LogP contribution is -2.14. The van der Waals surface area contributed by atoms with Gasteiger partial charge in [0.25, 0.3) is 0 Å². The van der Waals surface area contributed by atoms with E-state index in [2.05, 4.69) is 9.97 Å². The van der Waals surface area contributed by atoms with Gasteiger partial charge in [0.15, 0.2) is 0 Å². The average Bonchev–Trinajstić information content (AvgIpc) is 2.27. The summed E-state index contributed by atoms with van der Waals surface area (Å²) >= 11 is 0.